The highest BCUT2D eigenvalue weighted by atomic mass is 19.1. The molecule has 1 amide bonds. The first-order valence-corrected chi connectivity index (χ1v) is 6.50. The van der Waals surface area contributed by atoms with Crippen molar-refractivity contribution in [2.75, 3.05) is 5.32 Å². The van der Waals surface area contributed by atoms with E-state index in [2.05, 4.69) is 15.5 Å². The van der Waals surface area contributed by atoms with Crippen LogP contribution in [0.5, 0.6) is 0 Å². The van der Waals surface area contributed by atoms with E-state index in [0.29, 0.717) is 16.8 Å². The van der Waals surface area contributed by atoms with Gasteiger partial charge in [-0.2, -0.15) is 5.10 Å². The molecular formula is C16H11F2N3O. The number of carbonyl (C=O) groups is 1. The van der Waals surface area contributed by atoms with Gasteiger partial charge in [-0.25, -0.2) is 8.78 Å². The lowest BCUT2D eigenvalue weighted by Gasteiger charge is -2.11. The molecule has 0 saturated carbocycles. The number of anilines is 1. The Bertz CT molecular complexity index is 799. The summed E-state index contributed by atoms with van der Waals surface area (Å²) in [5.41, 5.74) is 1.77. The number of benzene rings is 2. The summed E-state index contributed by atoms with van der Waals surface area (Å²) in [6.45, 7) is 0. The van der Waals surface area contributed by atoms with Crippen molar-refractivity contribution in [3.05, 3.63) is 72.1 Å². The number of hydrogen-bond donors (Lipinski definition) is 2. The van der Waals surface area contributed by atoms with Gasteiger partial charge in [0.15, 0.2) is 0 Å². The number of rotatable bonds is 3. The highest BCUT2D eigenvalue weighted by Gasteiger charge is 2.12. The smallest absolute Gasteiger partial charge is 0.273 e. The number of hydrogen-bond acceptors (Lipinski definition) is 2. The molecule has 4 nitrogen and oxygen atoms in total. The third-order valence-corrected chi connectivity index (χ3v) is 3.13. The molecule has 3 rings (SSSR count). The summed E-state index contributed by atoms with van der Waals surface area (Å²) < 4.78 is 26.5. The van der Waals surface area contributed by atoms with Crippen LogP contribution in [0.4, 0.5) is 14.5 Å². The second kappa shape index (κ2) is 5.77. The Morgan fingerprint density at radius 3 is 2.41 bits per heavy atom. The topological polar surface area (TPSA) is 57.8 Å². The van der Waals surface area contributed by atoms with Gasteiger partial charge < -0.3 is 5.32 Å². The standard InChI is InChI=1S/C16H11F2N3O/c17-11-3-1-10(2-4-11)13-9-12(18)5-6-14(13)20-16(22)15-7-8-19-21-15/h1-9H,(H,19,21)(H,20,22). The van der Waals surface area contributed by atoms with Crippen LogP contribution in [0.3, 0.4) is 0 Å². The average Bonchev–Trinajstić information content (AvgIpc) is 3.04. The molecule has 0 fully saturated rings. The number of H-pyrrole nitrogens is 1. The van der Waals surface area contributed by atoms with Crippen molar-refractivity contribution in [2.24, 2.45) is 0 Å². The molecule has 110 valence electrons. The van der Waals surface area contributed by atoms with Crippen LogP contribution in [0.2, 0.25) is 0 Å². The molecule has 0 spiro atoms. The summed E-state index contributed by atoms with van der Waals surface area (Å²) in [6, 6.07) is 11.1. The van der Waals surface area contributed by atoms with Crippen molar-refractivity contribution >= 4 is 11.6 Å². The van der Waals surface area contributed by atoms with Gasteiger partial charge in [0, 0.05) is 17.4 Å². The normalized spacial score (nSPS) is 10.5. The van der Waals surface area contributed by atoms with Crippen molar-refractivity contribution in [3.8, 4) is 11.1 Å². The zero-order valence-electron chi connectivity index (χ0n) is 11.3. The van der Waals surface area contributed by atoms with Crippen LogP contribution >= 0.6 is 0 Å². The number of carbonyl (C=O) groups excluding carboxylic acids is 1. The third-order valence-electron chi connectivity index (χ3n) is 3.13. The Labute approximate surface area is 124 Å². The lowest BCUT2D eigenvalue weighted by atomic mass is 10.0. The van der Waals surface area contributed by atoms with E-state index in [9.17, 15) is 13.6 Å². The lowest BCUT2D eigenvalue weighted by Crippen LogP contribution is -2.13. The largest absolute Gasteiger partial charge is 0.320 e. The molecule has 0 aliphatic heterocycles. The summed E-state index contributed by atoms with van der Waals surface area (Å²) in [5, 5.41) is 8.93. The number of aromatic nitrogens is 2. The molecule has 3 aromatic rings. The molecule has 0 aliphatic carbocycles. The fraction of sp³-hybridized carbons (Fsp3) is 0. The van der Waals surface area contributed by atoms with Crippen molar-refractivity contribution in [1.82, 2.24) is 10.2 Å². The number of nitrogens with zero attached hydrogens (tertiary/aromatic N) is 1. The van der Waals surface area contributed by atoms with Gasteiger partial charge in [0.2, 0.25) is 0 Å². The molecule has 0 unspecified atom stereocenters. The van der Waals surface area contributed by atoms with E-state index in [-0.39, 0.29) is 11.5 Å². The molecular weight excluding hydrogens is 288 g/mol. The van der Waals surface area contributed by atoms with E-state index >= 15 is 0 Å². The van der Waals surface area contributed by atoms with Gasteiger partial charge in [-0.15, -0.1) is 0 Å². The minimum atomic E-state index is -0.445. The summed E-state index contributed by atoms with van der Waals surface area (Å²) in [7, 11) is 0. The molecule has 1 aromatic heterocycles. The SMILES string of the molecule is O=C(Nc1ccc(F)cc1-c1ccc(F)cc1)c1ccn[nH]1. The maximum atomic E-state index is 13.5. The highest BCUT2D eigenvalue weighted by molar-refractivity contribution is 6.05. The van der Waals surface area contributed by atoms with Gasteiger partial charge in [-0.05, 0) is 42.0 Å². The number of aromatic amines is 1. The van der Waals surface area contributed by atoms with Gasteiger partial charge in [-0.3, -0.25) is 9.89 Å². The predicted molar refractivity (Wildman–Crippen MR) is 78.3 cm³/mol. The first-order valence-electron chi connectivity index (χ1n) is 6.50. The van der Waals surface area contributed by atoms with Crippen molar-refractivity contribution in [2.45, 2.75) is 0 Å². The van der Waals surface area contributed by atoms with Crippen LogP contribution < -0.4 is 5.32 Å². The van der Waals surface area contributed by atoms with Crippen LogP contribution in [-0.4, -0.2) is 16.1 Å². The maximum Gasteiger partial charge on any atom is 0.273 e. The average molecular weight is 299 g/mol. The maximum absolute atomic E-state index is 13.5. The van der Waals surface area contributed by atoms with Crippen molar-refractivity contribution in [1.29, 1.82) is 0 Å². The van der Waals surface area contributed by atoms with Gasteiger partial charge in [0.25, 0.3) is 5.91 Å². The summed E-state index contributed by atoms with van der Waals surface area (Å²) in [5.74, 6) is -1.23. The van der Waals surface area contributed by atoms with Crippen LogP contribution in [-0.2, 0) is 0 Å². The Morgan fingerprint density at radius 2 is 1.73 bits per heavy atom. The molecule has 0 bridgehead atoms. The Morgan fingerprint density at radius 1 is 1.00 bits per heavy atom. The summed E-state index contributed by atoms with van der Waals surface area (Å²) >= 11 is 0. The molecule has 0 aliphatic rings. The van der Waals surface area contributed by atoms with E-state index in [4.69, 9.17) is 0 Å². The first-order chi connectivity index (χ1) is 10.6. The van der Waals surface area contributed by atoms with E-state index < -0.39 is 11.7 Å². The van der Waals surface area contributed by atoms with E-state index in [1.165, 1.54) is 54.7 Å². The van der Waals surface area contributed by atoms with E-state index in [0.717, 1.165) is 0 Å². The van der Waals surface area contributed by atoms with Crippen LogP contribution in [0, 0.1) is 11.6 Å². The molecule has 0 atom stereocenters. The Balaban J connectivity index is 1.97. The quantitative estimate of drug-likeness (QED) is 0.776. The zero-order valence-corrected chi connectivity index (χ0v) is 11.3. The van der Waals surface area contributed by atoms with Gasteiger partial charge in [0.1, 0.15) is 17.3 Å². The second-order valence-corrected chi connectivity index (χ2v) is 4.62. The fourth-order valence-corrected chi connectivity index (χ4v) is 2.07. The minimum Gasteiger partial charge on any atom is -0.320 e. The number of nitrogens with one attached hydrogen (secondary N) is 2. The molecule has 0 saturated heterocycles. The minimum absolute atomic E-state index is 0.286. The molecule has 22 heavy (non-hydrogen) atoms. The molecule has 2 aromatic carbocycles. The van der Waals surface area contributed by atoms with E-state index in [1.54, 1.807) is 0 Å². The predicted octanol–water partition coefficient (Wildman–Crippen LogP) is 3.61. The molecule has 1 heterocycles. The first kappa shape index (κ1) is 13.9. The lowest BCUT2D eigenvalue weighted by molar-refractivity contribution is 0.102. The van der Waals surface area contributed by atoms with Gasteiger partial charge >= 0.3 is 0 Å². The van der Waals surface area contributed by atoms with Crippen LogP contribution in [0.1, 0.15) is 10.5 Å². The van der Waals surface area contributed by atoms with Gasteiger partial charge in [0.05, 0.1) is 0 Å². The molecule has 6 heteroatoms. The van der Waals surface area contributed by atoms with Crippen LogP contribution in [0.15, 0.2) is 54.7 Å². The monoisotopic (exact) mass is 299 g/mol. The van der Waals surface area contributed by atoms with Crippen molar-refractivity contribution in [3.63, 3.8) is 0 Å². The Kier molecular flexibility index (Phi) is 3.65. The molecule has 2 N–H and O–H groups in total. The highest BCUT2D eigenvalue weighted by Crippen LogP contribution is 2.29. The third kappa shape index (κ3) is 2.85. The number of halogens is 2. The summed E-state index contributed by atoms with van der Waals surface area (Å²) in [6.07, 6.45) is 1.46. The fourth-order valence-electron chi connectivity index (χ4n) is 2.07. The summed E-state index contributed by atoms with van der Waals surface area (Å²) in [4.78, 5) is 12.1. The van der Waals surface area contributed by atoms with Crippen LogP contribution in [0.25, 0.3) is 11.1 Å². The van der Waals surface area contributed by atoms with Crippen molar-refractivity contribution < 1.29 is 13.6 Å². The second-order valence-electron chi connectivity index (χ2n) is 4.62. The number of amides is 1. The van der Waals surface area contributed by atoms with Gasteiger partial charge in [-0.1, -0.05) is 12.1 Å². The molecule has 0 radical (unpaired) electrons. The zero-order chi connectivity index (χ0) is 15.5. The Hall–Kier alpha value is -3.02. The van der Waals surface area contributed by atoms with E-state index in [1.807, 2.05) is 0 Å².